The fraction of sp³-hybridized carbons (Fsp3) is 0.619. The van der Waals surface area contributed by atoms with Gasteiger partial charge in [-0.3, -0.25) is 9.69 Å². The summed E-state index contributed by atoms with van der Waals surface area (Å²) in [6.07, 6.45) is 6.48. The molecule has 1 atom stereocenters. The lowest BCUT2D eigenvalue weighted by atomic mass is 9.78. The third-order valence-electron chi connectivity index (χ3n) is 6.80. The minimum absolute atomic E-state index is 0.0945. The molecule has 2 saturated heterocycles. The second-order valence-corrected chi connectivity index (χ2v) is 8.79. The van der Waals surface area contributed by atoms with Crippen LogP contribution in [0.25, 0.3) is 0 Å². The van der Waals surface area contributed by atoms with E-state index in [1.807, 2.05) is 12.1 Å². The monoisotopic (exact) mass is 370 g/mol. The number of fused-ring (bicyclic) bond motifs is 1. The van der Waals surface area contributed by atoms with Crippen molar-refractivity contribution in [2.24, 2.45) is 5.73 Å². The Morgan fingerprint density at radius 3 is 2.33 bits per heavy atom. The van der Waals surface area contributed by atoms with E-state index in [0.29, 0.717) is 19.5 Å². The average molecular weight is 370 g/mol. The molecule has 3 fully saturated rings. The number of anilines is 1. The topological polar surface area (TPSA) is 69.9 Å². The Morgan fingerprint density at radius 2 is 1.78 bits per heavy atom. The van der Waals surface area contributed by atoms with Gasteiger partial charge >= 0.3 is 6.03 Å². The summed E-state index contributed by atoms with van der Waals surface area (Å²) in [6, 6.07) is 8.35. The molecule has 2 aliphatic heterocycles. The summed E-state index contributed by atoms with van der Waals surface area (Å²) in [6.45, 7) is 2.03. The first-order valence-electron chi connectivity index (χ1n) is 10.0. The second-order valence-electron chi connectivity index (χ2n) is 8.79. The molecule has 4 rings (SSSR count). The number of carbonyl (C=O) groups excluding carboxylic acids is 2. The van der Waals surface area contributed by atoms with E-state index in [2.05, 4.69) is 31.1 Å². The van der Waals surface area contributed by atoms with Gasteiger partial charge in [0.15, 0.2) is 0 Å². The Morgan fingerprint density at radius 1 is 1.11 bits per heavy atom. The first-order valence-corrected chi connectivity index (χ1v) is 10.0. The zero-order valence-electron chi connectivity index (χ0n) is 16.4. The molecule has 1 aromatic rings. The van der Waals surface area contributed by atoms with Crippen molar-refractivity contribution in [1.82, 2.24) is 9.80 Å². The maximum atomic E-state index is 12.9. The third-order valence-corrected chi connectivity index (χ3v) is 6.80. The minimum atomic E-state index is -0.826. The molecule has 1 saturated carbocycles. The van der Waals surface area contributed by atoms with E-state index in [0.717, 1.165) is 18.7 Å². The summed E-state index contributed by atoms with van der Waals surface area (Å²) in [5.74, 6) is -0.386. The van der Waals surface area contributed by atoms with Gasteiger partial charge in [0.2, 0.25) is 5.91 Å². The predicted molar refractivity (Wildman–Crippen MR) is 106 cm³/mol. The van der Waals surface area contributed by atoms with Gasteiger partial charge in [0, 0.05) is 24.2 Å². The molecule has 0 radical (unpaired) electrons. The van der Waals surface area contributed by atoms with Gasteiger partial charge < -0.3 is 15.5 Å². The lowest BCUT2D eigenvalue weighted by Crippen LogP contribution is -2.52. The molecule has 146 valence electrons. The van der Waals surface area contributed by atoms with Crippen LogP contribution in [-0.4, -0.2) is 61.0 Å². The molecule has 3 amide bonds. The summed E-state index contributed by atoms with van der Waals surface area (Å²) in [4.78, 5) is 30.7. The number of hydrogen-bond acceptors (Lipinski definition) is 3. The number of nitrogens with two attached hydrogens (primary N) is 1. The Kier molecular flexibility index (Phi) is 4.41. The van der Waals surface area contributed by atoms with Gasteiger partial charge in [0.05, 0.1) is 6.54 Å². The maximum Gasteiger partial charge on any atom is 0.325 e. The first kappa shape index (κ1) is 18.3. The summed E-state index contributed by atoms with van der Waals surface area (Å²) in [5, 5.41) is 0. The zero-order valence-corrected chi connectivity index (χ0v) is 16.4. The summed E-state index contributed by atoms with van der Waals surface area (Å²) in [7, 11) is 4.27. The largest absolute Gasteiger partial charge is 0.368 e. The number of nitrogens with zero attached hydrogens (tertiary/aromatic N) is 3. The van der Waals surface area contributed by atoms with Gasteiger partial charge in [-0.15, -0.1) is 0 Å². The van der Waals surface area contributed by atoms with Gasteiger partial charge in [-0.25, -0.2) is 4.79 Å². The molecule has 0 aromatic heterocycles. The number of amides is 3. The summed E-state index contributed by atoms with van der Waals surface area (Å²) in [5.41, 5.74) is 7.28. The van der Waals surface area contributed by atoms with E-state index >= 15 is 0 Å². The number of likely N-dealkylation sites (N-methyl/N-ethyl adjacent to an activating group) is 1. The lowest BCUT2D eigenvalue weighted by Gasteiger charge is -2.33. The highest BCUT2D eigenvalue weighted by Gasteiger charge is 2.56. The van der Waals surface area contributed by atoms with Gasteiger partial charge in [-0.2, -0.15) is 0 Å². The quantitative estimate of drug-likeness (QED) is 0.865. The van der Waals surface area contributed by atoms with Crippen LogP contribution in [0, 0.1) is 0 Å². The lowest BCUT2D eigenvalue weighted by molar-refractivity contribution is -0.125. The fourth-order valence-corrected chi connectivity index (χ4v) is 5.52. The van der Waals surface area contributed by atoms with Crippen LogP contribution in [0.4, 0.5) is 10.5 Å². The van der Waals surface area contributed by atoms with E-state index in [1.165, 1.54) is 31.2 Å². The standard InChI is InChI=1S/C21H30N4O2/c1-23(2)14-20(10-3-4-11-20)16-6-8-17(9-7-16)24-15-21(18(22)26)12-5-13-25(21)19(24)27/h6-9H,3-5,10-15H2,1-2H3,(H2,22,26)/t21-/m1/s1. The molecular formula is C21H30N4O2. The number of rotatable bonds is 5. The molecule has 3 aliphatic rings. The van der Waals surface area contributed by atoms with Gasteiger partial charge in [-0.1, -0.05) is 25.0 Å². The molecule has 1 aromatic carbocycles. The van der Waals surface area contributed by atoms with Gasteiger partial charge in [0.1, 0.15) is 5.54 Å². The third kappa shape index (κ3) is 2.81. The molecule has 1 aliphatic carbocycles. The molecule has 2 N–H and O–H groups in total. The van der Waals surface area contributed by atoms with Crippen LogP contribution in [-0.2, 0) is 10.2 Å². The van der Waals surface area contributed by atoms with E-state index in [9.17, 15) is 9.59 Å². The van der Waals surface area contributed by atoms with Crippen LogP contribution in [0.15, 0.2) is 24.3 Å². The van der Waals surface area contributed by atoms with Crippen LogP contribution >= 0.6 is 0 Å². The van der Waals surface area contributed by atoms with E-state index < -0.39 is 5.54 Å². The molecule has 0 unspecified atom stereocenters. The highest BCUT2D eigenvalue weighted by molar-refractivity contribution is 6.02. The van der Waals surface area contributed by atoms with E-state index in [-0.39, 0.29) is 17.4 Å². The molecular weight excluding hydrogens is 340 g/mol. The fourth-order valence-electron chi connectivity index (χ4n) is 5.52. The molecule has 27 heavy (non-hydrogen) atoms. The van der Waals surface area contributed by atoms with Crippen molar-refractivity contribution in [2.75, 3.05) is 38.6 Å². The molecule has 2 heterocycles. The Hall–Kier alpha value is -2.08. The number of primary amides is 1. The van der Waals surface area contributed by atoms with Crippen molar-refractivity contribution >= 4 is 17.6 Å². The number of urea groups is 1. The van der Waals surface area contributed by atoms with Crippen LogP contribution in [0.5, 0.6) is 0 Å². The van der Waals surface area contributed by atoms with Crippen LogP contribution in [0.1, 0.15) is 44.1 Å². The Labute approximate surface area is 161 Å². The molecule has 0 bridgehead atoms. The number of carbonyl (C=O) groups is 2. The van der Waals surface area contributed by atoms with Gasteiger partial charge in [0.25, 0.3) is 0 Å². The van der Waals surface area contributed by atoms with Crippen LogP contribution in [0.2, 0.25) is 0 Å². The van der Waals surface area contributed by atoms with Crippen molar-refractivity contribution < 1.29 is 9.59 Å². The van der Waals surface area contributed by atoms with Crippen LogP contribution in [0.3, 0.4) is 0 Å². The second kappa shape index (κ2) is 6.51. The molecule has 0 spiro atoms. The predicted octanol–water partition coefficient (Wildman–Crippen LogP) is 2.32. The Balaban J connectivity index is 1.60. The SMILES string of the molecule is CN(C)CC1(c2ccc(N3C[C@@]4(C(N)=O)CCCN4C3=O)cc2)CCCC1. The number of benzene rings is 1. The van der Waals surface area contributed by atoms with Gasteiger partial charge in [-0.05, 0) is 57.5 Å². The summed E-state index contributed by atoms with van der Waals surface area (Å²) < 4.78 is 0. The van der Waals surface area contributed by atoms with Crippen molar-refractivity contribution in [3.8, 4) is 0 Å². The van der Waals surface area contributed by atoms with Crippen molar-refractivity contribution in [3.63, 3.8) is 0 Å². The highest BCUT2D eigenvalue weighted by Crippen LogP contribution is 2.43. The van der Waals surface area contributed by atoms with E-state index in [4.69, 9.17) is 5.73 Å². The van der Waals surface area contributed by atoms with Crippen molar-refractivity contribution in [1.29, 1.82) is 0 Å². The van der Waals surface area contributed by atoms with Crippen molar-refractivity contribution in [2.45, 2.75) is 49.5 Å². The zero-order chi connectivity index (χ0) is 19.2. The van der Waals surface area contributed by atoms with Crippen LogP contribution < -0.4 is 10.6 Å². The smallest absolute Gasteiger partial charge is 0.325 e. The van der Waals surface area contributed by atoms with Crippen molar-refractivity contribution in [3.05, 3.63) is 29.8 Å². The molecule has 6 nitrogen and oxygen atoms in total. The molecule has 6 heteroatoms. The minimum Gasteiger partial charge on any atom is -0.368 e. The maximum absolute atomic E-state index is 12.9. The van der Waals surface area contributed by atoms with E-state index in [1.54, 1.807) is 9.80 Å². The summed E-state index contributed by atoms with van der Waals surface area (Å²) >= 11 is 0. The number of hydrogen-bond donors (Lipinski definition) is 1. The Bertz CT molecular complexity index is 739. The highest BCUT2D eigenvalue weighted by atomic mass is 16.2. The average Bonchev–Trinajstić information content (AvgIpc) is 3.32. The normalized spacial score (nSPS) is 26.9. The first-order chi connectivity index (χ1) is 12.9.